The molecule has 1 fully saturated rings. The first kappa shape index (κ1) is 14.3. The van der Waals surface area contributed by atoms with Crippen LogP contribution in [0.3, 0.4) is 0 Å². The van der Waals surface area contributed by atoms with Crippen molar-refractivity contribution in [1.29, 1.82) is 0 Å². The number of rotatable bonds is 4. The molecule has 2 rings (SSSR count). The molecule has 1 aliphatic heterocycles. The maximum atomic E-state index is 11.9. The molecule has 0 saturated carbocycles. The van der Waals surface area contributed by atoms with Crippen molar-refractivity contribution in [3.05, 3.63) is 35.4 Å². The topological polar surface area (TPSA) is 63.2 Å². The Morgan fingerprint density at radius 1 is 1.32 bits per heavy atom. The molecule has 0 spiro atoms. The van der Waals surface area contributed by atoms with Gasteiger partial charge in [-0.1, -0.05) is 12.1 Å². The second-order valence-corrected chi connectivity index (χ2v) is 7.31. The van der Waals surface area contributed by atoms with Crippen LogP contribution in [0, 0.1) is 5.92 Å². The van der Waals surface area contributed by atoms with Crippen molar-refractivity contribution >= 4 is 27.3 Å². The van der Waals surface area contributed by atoms with Crippen molar-refractivity contribution in [3.8, 4) is 0 Å². The zero-order valence-corrected chi connectivity index (χ0v) is 12.0. The van der Waals surface area contributed by atoms with E-state index >= 15 is 0 Å². The van der Waals surface area contributed by atoms with Crippen LogP contribution in [0.1, 0.15) is 22.3 Å². The number of amides is 1. The zero-order valence-electron chi connectivity index (χ0n) is 10.4. The van der Waals surface area contributed by atoms with Crippen molar-refractivity contribution in [1.82, 2.24) is 5.32 Å². The predicted molar refractivity (Wildman–Crippen MR) is 75.1 cm³/mol. The zero-order chi connectivity index (χ0) is 13.9. The molecule has 1 N–H and O–H groups in total. The van der Waals surface area contributed by atoms with Gasteiger partial charge in [0.2, 0.25) is 0 Å². The summed E-state index contributed by atoms with van der Waals surface area (Å²) >= 11 is 5.68. The molecule has 1 aromatic rings. The minimum Gasteiger partial charge on any atom is -0.352 e. The third-order valence-corrected chi connectivity index (χ3v) is 5.39. The Hall–Kier alpha value is -1.07. The quantitative estimate of drug-likeness (QED) is 0.859. The maximum absolute atomic E-state index is 11.9. The van der Waals surface area contributed by atoms with E-state index in [1.807, 2.05) is 12.1 Å². The van der Waals surface area contributed by atoms with Gasteiger partial charge in [-0.3, -0.25) is 4.79 Å². The highest BCUT2D eigenvalue weighted by atomic mass is 35.5. The minimum atomic E-state index is -2.88. The molecular weight excluding hydrogens is 286 g/mol. The van der Waals surface area contributed by atoms with Gasteiger partial charge in [0.05, 0.1) is 11.5 Å². The number of hydrogen-bond acceptors (Lipinski definition) is 3. The van der Waals surface area contributed by atoms with Crippen LogP contribution in [0.4, 0.5) is 0 Å². The Kier molecular flexibility index (Phi) is 4.47. The molecule has 1 unspecified atom stereocenters. The number of nitrogens with one attached hydrogen (secondary N) is 1. The van der Waals surface area contributed by atoms with Gasteiger partial charge >= 0.3 is 0 Å². The van der Waals surface area contributed by atoms with Crippen molar-refractivity contribution < 1.29 is 13.2 Å². The lowest BCUT2D eigenvalue weighted by atomic mass is 10.1. The average Bonchev–Trinajstić information content (AvgIpc) is 2.76. The Balaban J connectivity index is 1.87. The smallest absolute Gasteiger partial charge is 0.251 e. The lowest BCUT2D eigenvalue weighted by molar-refractivity contribution is 0.0948. The van der Waals surface area contributed by atoms with E-state index in [1.165, 1.54) is 0 Å². The van der Waals surface area contributed by atoms with Gasteiger partial charge in [0.1, 0.15) is 0 Å². The number of alkyl halides is 1. The summed E-state index contributed by atoms with van der Waals surface area (Å²) in [6.07, 6.45) is 0.633. The van der Waals surface area contributed by atoms with Crippen LogP contribution < -0.4 is 5.32 Å². The highest BCUT2D eigenvalue weighted by Gasteiger charge is 2.27. The lowest BCUT2D eigenvalue weighted by Crippen LogP contribution is -2.29. The van der Waals surface area contributed by atoms with Gasteiger partial charge < -0.3 is 5.32 Å². The first-order chi connectivity index (χ1) is 9.00. The van der Waals surface area contributed by atoms with E-state index in [-0.39, 0.29) is 23.3 Å². The van der Waals surface area contributed by atoms with Crippen molar-refractivity contribution in [3.63, 3.8) is 0 Å². The van der Waals surface area contributed by atoms with Gasteiger partial charge in [-0.2, -0.15) is 0 Å². The molecule has 0 bridgehead atoms. The molecule has 1 aromatic carbocycles. The van der Waals surface area contributed by atoms with Gasteiger partial charge in [0.15, 0.2) is 9.84 Å². The molecule has 104 valence electrons. The molecule has 1 saturated heterocycles. The fourth-order valence-electron chi connectivity index (χ4n) is 2.12. The molecule has 19 heavy (non-hydrogen) atoms. The minimum absolute atomic E-state index is 0.0380. The Morgan fingerprint density at radius 2 is 2.00 bits per heavy atom. The van der Waals surface area contributed by atoms with Crippen LogP contribution in [0.15, 0.2) is 24.3 Å². The van der Waals surface area contributed by atoms with Crippen molar-refractivity contribution in [2.75, 3.05) is 18.1 Å². The molecule has 1 amide bonds. The molecule has 0 radical (unpaired) electrons. The Bertz CT molecular complexity index is 554. The summed E-state index contributed by atoms with van der Waals surface area (Å²) in [5.41, 5.74) is 1.52. The second-order valence-electron chi connectivity index (χ2n) is 4.81. The van der Waals surface area contributed by atoms with Gasteiger partial charge in [-0.15, -0.1) is 11.6 Å². The summed E-state index contributed by atoms with van der Waals surface area (Å²) < 4.78 is 22.6. The van der Waals surface area contributed by atoms with Crippen LogP contribution in [-0.4, -0.2) is 32.4 Å². The average molecular weight is 302 g/mol. The SMILES string of the molecule is O=C(NCC1CCS(=O)(=O)C1)c1ccc(CCl)cc1. The van der Waals surface area contributed by atoms with E-state index in [1.54, 1.807) is 12.1 Å². The van der Waals surface area contributed by atoms with Crippen LogP contribution in [0.5, 0.6) is 0 Å². The number of hydrogen-bond donors (Lipinski definition) is 1. The summed E-state index contributed by atoms with van der Waals surface area (Å²) in [6.45, 7) is 0.412. The van der Waals surface area contributed by atoms with Gasteiger partial charge in [-0.25, -0.2) is 8.42 Å². The van der Waals surface area contributed by atoms with Crippen molar-refractivity contribution in [2.24, 2.45) is 5.92 Å². The van der Waals surface area contributed by atoms with Crippen LogP contribution in [0.2, 0.25) is 0 Å². The molecule has 1 heterocycles. The standard InChI is InChI=1S/C13H16ClNO3S/c14-7-10-1-3-12(4-2-10)13(16)15-8-11-5-6-19(17,18)9-11/h1-4,11H,5-9H2,(H,15,16). The molecule has 4 nitrogen and oxygen atoms in total. The lowest BCUT2D eigenvalue weighted by Gasteiger charge is -2.09. The van der Waals surface area contributed by atoms with Crippen LogP contribution in [0.25, 0.3) is 0 Å². The summed E-state index contributed by atoms with van der Waals surface area (Å²) in [7, 11) is -2.88. The summed E-state index contributed by atoms with van der Waals surface area (Å²) in [6, 6.07) is 7.06. The Labute approximate surface area is 118 Å². The predicted octanol–water partition coefficient (Wildman–Crippen LogP) is 1.59. The summed E-state index contributed by atoms with van der Waals surface area (Å²) in [5.74, 6) is 0.694. The van der Waals surface area contributed by atoms with Gasteiger partial charge in [0, 0.05) is 18.0 Å². The van der Waals surface area contributed by atoms with E-state index < -0.39 is 9.84 Å². The molecule has 1 atom stereocenters. The molecule has 0 aromatic heterocycles. The van der Waals surface area contributed by atoms with Gasteiger partial charge in [-0.05, 0) is 30.0 Å². The van der Waals surface area contributed by atoms with Gasteiger partial charge in [0.25, 0.3) is 5.91 Å². The van der Waals surface area contributed by atoms with E-state index in [2.05, 4.69) is 5.32 Å². The van der Waals surface area contributed by atoms with E-state index in [4.69, 9.17) is 11.6 Å². The number of benzene rings is 1. The highest BCUT2D eigenvalue weighted by molar-refractivity contribution is 7.91. The number of sulfone groups is 1. The summed E-state index contributed by atoms with van der Waals surface area (Å²) in [5, 5.41) is 2.78. The first-order valence-electron chi connectivity index (χ1n) is 6.14. The molecular formula is C13H16ClNO3S. The molecule has 6 heteroatoms. The number of carbonyl (C=O) groups excluding carboxylic acids is 1. The number of halogens is 1. The van der Waals surface area contributed by atoms with Crippen molar-refractivity contribution in [2.45, 2.75) is 12.3 Å². The Morgan fingerprint density at radius 3 is 2.53 bits per heavy atom. The third-order valence-electron chi connectivity index (χ3n) is 3.25. The monoisotopic (exact) mass is 301 g/mol. The molecule has 0 aliphatic carbocycles. The van der Waals surface area contributed by atoms with E-state index in [0.29, 0.717) is 24.4 Å². The fourth-order valence-corrected chi connectivity index (χ4v) is 4.16. The van der Waals surface area contributed by atoms with E-state index in [0.717, 1.165) is 5.56 Å². The molecule has 1 aliphatic rings. The van der Waals surface area contributed by atoms with E-state index in [9.17, 15) is 13.2 Å². The van der Waals surface area contributed by atoms with Crippen LogP contribution >= 0.6 is 11.6 Å². The van der Waals surface area contributed by atoms with Crippen LogP contribution in [-0.2, 0) is 15.7 Å². The third kappa shape index (κ3) is 3.94. The second kappa shape index (κ2) is 5.92. The largest absolute Gasteiger partial charge is 0.352 e. The first-order valence-corrected chi connectivity index (χ1v) is 8.49. The summed E-state index contributed by atoms with van der Waals surface area (Å²) in [4.78, 5) is 11.9. The number of carbonyl (C=O) groups is 1. The highest BCUT2D eigenvalue weighted by Crippen LogP contribution is 2.17. The fraction of sp³-hybridized carbons (Fsp3) is 0.462. The normalized spacial score (nSPS) is 21.2. The maximum Gasteiger partial charge on any atom is 0.251 e.